The summed E-state index contributed by atoms with van der Waals surface area (Å²) in [4.78, 5) is 28.1. The lowest BCUT2D eigenvalue weighted by molar-refractivity contribution is -0.119. The number of rotatable bonds is 6. The van der Waals surface area contributed by atoms with E-state index in [2.05, 4.69) is 39.0 Å². The molecular formula is C30H32Cl2N2O3. The van der Waals surface area contributed by atoms with Crippen LogP contribution in [0.4, 0.5) is 5.69 Å². The summed E-state index contributed by atoms with van der Waals surface area (Å²) in [5.74, 6) is -0.978. The first-order valence-corrected chi connectivity index (χ1v) is 13.1. The van der Waals surface area contributed by atoms with Crippen LogP contribution in [0.15, 0.2) is 54.6 Å². The van der Waals surface area contributed by atoms with E-state index in [1.54, 1.807) is 18.2 Å². The third-order valence-electron chi connectivity index (χ3n) is 6.72. The summed E-state index contributed by atoms with van der Waals surface area (Å²) >= 11 is 12.4. The van der Waals surface area contributed by atoms with Gasteiger partial charge in [-0.3, -0.25) is 4.79 Å². The molecule has 1 atom stereocenters. The van der Waals surface area contributed by atoms with Crippen LogP contribution < -0.4 is 10.6 Å². The van der Waals surface area contributed by atoms with Gasteiger partial charge in [-0.1, -0.05) is 80.4 Å². The van der Waals surface area contributed by atoms with Crippen LogP contribution in [0, 0.1) is 6.92 Å². The lowest BCUT2D eigenvalue weighted by atomic mass is 9.87. The number of hydrogen-bond donors (Lipinski definition) is 1. The van der Waals surface area contributed by atoms with Gasteiger partial charge in [0.05, 0.1) is 21.3 Å². The van der Waals surface area contributed by atoms with E-state index < -0.39 is 17.9 Å². The van der Waals surface area contributed by atoms with Crippen molar-refractivity contribution in [2.45, 2.75) is 58.6 Å². The van der Waals surface area contributed by atoms with E-state index in [0.717, 1.165) is 29.5 Å². The molecule has 3 aromatic carbocycles. The van der Waals surface area contributed by atoms with Gasteiger partial charge in [-0.2, -0.15) is 0 Å². The number of carbonyl (C=O) groups excluding carboxylic acids is 2. The zero-order valence-corrected chi connectivity index (χ0v) is 23.1. The van der Waals surface area contributed by atoms with Crippen LogP contribution in [0.1, 0.15) is 71.4 Å². The number of benzene rings is 3. The van der Waals surface area contributed by atoms with E-state index in [0.29, 0.717) is 33.4 Å². The number of anilines is 1. The molecule has 1 aliphatic rings. The van der Waals surface area contributed by atoms with Crippen LogP contribution in [-0.4, -0.2) is 18.4 Å². The first kappa shape index (κ1) is 27.0. The van der Waals surface area contributed by atoms with Gasteiger partial charge >= 0.3 is 5.97 Å². The highest BCUT2D eigenvalue weighted by Gasteiger charge is 2.33. The van der Waals surface area contributed by atoms with Crippen molar-refractivity contribution in [1.29, 1.82) is 0 Å². The Kier molecular flexibility index (Phi) is 7.86. The molecule has 37 heavy (non-hydrogen) atoms. The van der Waals surface area contributed by atoms with Crippen LogP contribution in [0.5, 0.6) is 0 Å². The molecule has 1 amide bonds. The van der Waals surface area contributed by atoms with Gasteiger partial charge in [0.1, 0.15) is 12.6 Å². The van der Waals surface area contributed by atoms with Crippen molar-refractivity contribution >= 4 is 40.8 Å². The highest BCUT2D eigenvalue weighted by molar-refractivity contribution is 6.42. The van der Waals surface area contributed by atoms with E-state index in [4.69, 9.17) is 33.7 Å². The van der Waals surface area contributed by atoms with Crippen LogP contribution in [0.2, 0.25) is 10.0 Å². The first-order valence-electron chi connectivity index (χ1n) is 12.4. The zero-order chi connectivity index (χ0) is 26.9. The molecule has 1 heterocycles. The Hall–Kier alpha value is -3.02. The standard InChI is InChI=1S/C30H32Cl2N2O3/c1-18-14-20-6-5-13-34(27(28(33)35)21-9-12-24(31)25(32)16-21)26(20)23(15-18)29(36)37-17-19-7-10-22(11-8-19)30(2,3)4/h7-12,14-16,27H,5-6,13,17H2,1-4H3,(H2,33,35). The predicted molar refractivity (Wildman–Crippen MR) is 150 cm³/mol. The first-order chi connectivity index (χ1) is 17.5. The molecule has 5 nitrogen and oxygen atoms in total. The zero-order valence-electron chi connectivity index (χ0n) is 21.6. The second-order valence-electron chi connectivity index (χ2n) is 10.6. The molecule has 0 saturated carbocycles. The minimum Gasteiger partial charge on any atom is -0.457 e. The van der Waals surface area contributed by atoms with Gasteiger partial charge in [-0.15, -0.1) is 0 Å². The molecule has 0 spiro atoms. The van der Waals surface area contributed by atoms with E-state index in [1.165, 1.54) is 5.56 Å². The number of nitrogens with zero attached hydrogens (tertiary/aromatic N) is 1. The van der Waals surface area contributed by atoms with Crippen molar-refractivity contribution in [1.82, 2.24) is 0 Å². The molecule has 7 heteroatoms. The van der Waals surface area contributed by atoms with Crippen molar-refractivity contribution in [2.24, 2.45) is 5.73 Å². The average Bonchev–Trinajstić information content (AvgIpc) is 2.83. The lowest BCUT2D eigenvalue weighted by Gasteiger charge is -2.38. The van der Waals surface area contributed by atoms with Crippen LogP contribution >= 0.6 is 23.2 Å². The maximum Gasteiger partial charge on any atom is 0.340 e. The normalized spacial score (nSPS) is 14.2. The summed E-state index contributed by atoms with van der Waals surface area (Å²) in [6.07, 6.45) is 1.60. The van der Waals surface area contributed by atoms with Gasteiger partial charge in [-0.05, 0) is 71.2 Å². The van der Waals surface area contributed by atoms with Gasteiger partial charge in [0.15, 0.2) is 0 Å². The van der Waals surface area contributed by atoms with Crippen LogP contribution in [0.25, 0.3) is 0 Å². The molecule has 0 radical (unpaired) electrons. The smallest absolute Gasteiger partial charge is 0.340 e. The number of halogens is 2. The summed E-state index contributed by atoms with van der Waals surface area (Å²) in [6, 6.07) is 16.2. The SMILES string of the molecule is Cc1cc2c(c(C(=O)OCc3ccc(C(C)(C)C)cc3)c1)N(C(C(N)=O)c1ccc(Cl)c(Cl)c1)CCC2. The number of hydrogen-bond acceptors (Lipinski definition) is 4. The molecule has 2 N–H and O–H groups in total. The van der Waals surface area contributed by atoms with E-state index >= 15 is 0 Å². The van der Waals surface area contributed by atoms with E-state index in [9.17, 15) is 9.59 Å². The molecule has 0 saturated heterocycles. The number of aryl methyl sites for hydroxylation is 2. The Balaban J connectivity index is 1.67. The minimum absolute atomic E-state index is 0.0462. The largest absolute Gasteiger partial charge is 0.457 e. The van der Waals surface area contributed by atoms with Gasteiger partial charge in [0, 0.05) is 6.54 Å². The number of ether oxygens (including phenoxy) is 1. The van der Waals surface area contributed by atoms with Gasteiger partial charge in [-0.25, -0.2) is 4.79 Å². The topological polar surface area (TPSA) is 72.6 Å². The molecule has 194 valence electrons. The second kappa shape index (κ2) is 10.8. The van der Waals surface area contributed by atoms with Gasteiger partial charge in [0.25, 0.3) is 0 Å². The van der Waals surface area contributed by atoms with Gasteiger partial charge in [0.2, 0.25) is 5.91 Å². The summed E-state index contributed by atoms with van der Waals surface area (Å²) in [6.45, 7) is 9.13. The maximum atomic E-state index is 13.4. The molecule has 3 aromatic rings. The molecule has 1 aliphatic heterocycles. The van der Waals surface area contributed by atoms with Crippen LogP contribution in [-0.2, 0) is 28.0 Å². The third kappa shape index (κ3) is 5.94. The average molecular weight is 540 g/mol. The van der Waals surface area contributed by atoms with Crippen molar-refractivity contribution in [2.75, 3.05) is 11.4 Å². The summed E-state index contributed by atoms with van der Waals surface area (Å²) < 4.78 is 5.77. The molecule has 4 rings (SSSR count). The molecule has 0 aromatic heterocycles. The van der Waals surface area contributed by atoms with Crippen LogP contribution in [0.3, 0.4) is 0 Å². The fraction of sp³-hybridized carbons (Fsp3) is 0.333. The lowest BCUT2D eigenvalue weighted by Crippen LogP contribution is -2.41. The number of amides is 1. The molecule has 0 fully saturated rings. The second-order valence-corrected chi connectivity index (χ2v) is 11.4. The predicted octanol–water partition coefficient (Wildman–Crippen LogP) is 6.94. The highest BCUT2D eigenvalue weighted by atomic mass is 35.5. The van der Waals surface area contributed by atoms with Gasteiger partial charge < -0.3 is 15.4 Å². The highest BCUT2D eigenvalue weighted by Crippen LogP contribution is 2.39. The van der Waals surface area contributed by atoms with Crippen molar-refractivity contribution in [3.63, 3.8) is 0 Å². The molecule has 1 unspecified atom stereocenters. The Morgan fingerprint density at radius 3 is 2.35 bits per heavy atom. The molecule has 0 aliphatic carbocycles. The summed E-state index contributed by atoms with van der Waals surface area (Å²) in [5, 5.41) is 0.728. The Labute approximate surface area is 228 Å². The number of carbonyl (C=O) groups is 2. The van der Waals surface area contributed by atoms with Crippen molar-refractivity contribution in [3.05, 3.63) is 98.0 Å². The number of esters is 1. The molecule has 0 bridgehead atoms. The van der Waals surface area contributed by atoms with E-state index in [1.807, 2.05) is 30.0 Å². The van der Waals surface area contributed by atoms with Crippen molar-refractivity contribution < 1.29 is 14.3 Å². The minimum atomic E-state index is -0.812. The Morgan fingerprint density at radius 2 is 1.73 bits per heavy atom. The molecular weight excluding hydrogens is 507 g/mol. The summed E-state index contributed by atoms with van der Waals surface area (Å²) in [7, 11) is 0. The van der Waals surface area contributed by atoms with Crippen molar-refractivity contribution in [3.8, 4) is 0 Å². The van der Waals surface area contributed by atoms with E-state index in [-0.39, 0.29) is 12.0 Å². The Morgan fingerprint density at radius 1 is 1.03 bits per heavy atom. The Bertz CT molecular complexity index is 1330. The quantitative estimate of drug-likeness (QED) is 0.345. The fourth-order valence-corrected chi connectivity index (χ4v) is 5.16. The number of fused-ring (bicyclic) bond motifs is 1. The number of primary amides is 1. The fourth-order valence-electron chi connectivity index (χ4n) is 4.86. The number of nitrogens with two attached hydrogens (primary N) is 1. The maximum absolute atomic E-state index is 13.4. The summed E-state index contributed by atoms with van der Waals surface area (Å²) in [5.41, 5.74) is 11.7. The third-order valence-corrected chi connectivity index (χ3v) is 7.45. The monoisotopic (exact) mass is 538 g/mol.